The van der Waals surface area contributed by atoms with Gasteiger partial charge in [0, 0.05) is 20.3 Å². The van der Waals surface area contributed by atoms with Crippen LogP contribution in [0.25, 0.3) is 0 Å². The lowest BCUT2D eigenvalue weighted by Gasteiger charge is -2.11. The largest absolute Gasteiger partial charge is 0.398 e. The lowest BCUT2D eigenvalue weighted by atomic mass is 10.1. The van der Waals surface area contributed by atoms with Crippen molar-refractivity contribution in [1.82, 2.24) is 0 Å². The van der Waals surface area contributed by atoms with Crippen molar-refractivity contribution in [1.29, 1.82) is 0 Å². The maximum atomic E-state index is 12.2. The molecule has 98 valence electrons. The number of rotatable bonds is 2. The van der Waals surface area contributed by atoms with Gasteiger partial charge < -0.3 is 11.1 Å². The molecule has 5 heteroatoms. The Bertz CT molecular complexity index is 641. The topological polar surface area (TPSA) is 55.1 Å². The Labute approximate surface area is 128 Å². The summed E-state index contributed by atoms with van der Waals surface area (Å²) in [7, 11) is 0. The molecular formula is C14H12Br2N2O. The van der Waals surface area contributed by atoms with Crippen LogP contribution in [0.2, 0.25) is 0 Å². The van der Waals surface area contributed by atoms with E-state index in [1.165, 1.54) is 0 Å². The lowest BCUT2D eigenvalue weighted by Crippen LogP contribution is -2.14. The minimum absolute atomic E-state index is 0.222. The van der Waals surface area contributed by atoms with Crippen LogP contribution in [0.3, 0.4) is 0 Å². The van der Waals surface area contributed by atoms with Gasteiger partial charge in [-0.15, -0.1) is 0 Å². The number of nitrogens with two attached hydrogens (primary N) is 1. The number of halogens is 2. The van der Waals surface area contributed by atoms with Crippen molar-refractivity contribution in [3.63, 3.8) is 0 Å². The number of carbonyl (C=O) groups is 1. The van der Waals surface area contributed by atoms with Gasteiger partial charge in [0.1, 0.15) is 0 Å². The van der Waals surface area contributed by atoms with Gasteiger partial charge in [0.15, 0.2) is 0 Å². The average Bonchev–Trinajstić information content (AvgIpc) is 2.38. The third-order valence-corrected chi connectivity index (χ3v) is 4.13. The van der Waals surface area contributed by atoms with E-state index < -0.39 is 0 Å². The summed E-state index contributed by atoms with van der Waals surface area (Å²) in [5.74, 6) is -0.222. The highest BCUT2D eigenvalue weighted by molar-refractivity contribution is 9.10. The van der Waals surface area contributed by atoms with Crippen molar-refractivity contribution >= 4 is 49.1 Å². The standard InChI is InChI=1S/C14H12Br2N2O/c1-8-11(16)3-2-4-13(8)18-14(19)10-7-9(15)5-6-12(10)17/h2-7H,17H2,1H3,(H,18,19). The molecule has 0 bridgehead atoms. The number of carbonyl (C=O) groups excluding carboxylic acids is 1. The lowest BCUT2D eigenvalue weighted by molar-refractivity contribution is 0.102. The zero-order chi connectivity index (χ0) is 14.0. The molecule has 0 aromatic heterocycles. The molecule has 0 heterocycles. The zero-order valence-corrected chi connectivity index (χ0v) is 13.4. The summed E-state index contributed by atoms with van der Waals surface area (Å²) in [6.07, 6.45) is 0. The van der Waals surface area contributed by atoms with E-state index in [9.17, 15) is 4.79 Å². The first-order valence-corrected chi connectivity index (χ1v) is 7.19. The fourth-order valence-corrected chi connectivity index (χ4v) is 2.38. The van der Waals surface area contributed by atoms with Crippen LogP contribution in [0.5, 0.6) is 0 Å². The molecule has 0 atom stereocenters. The van der Waals surface area contributed by atoms with Crippen LogP contribution in [0, 0.1) is 6.92 Å². The van der Waals surface area contributed by atoms with Gasteiger partial charge in [-0.25, -0.2) is 0 Å². The molecule has 19 heavy (non-hydrogen) atoms. The summed E-state index contributed by atoms with van der Waals surface area (Å²) in [6.45, 7) is 1.93. The molecule has 0 aliphatic carbocycles. The Morgan fingerprint density at radius 1 is 1.21 bits per heavy atom. The maximum absolute atomic E-state index is 12.2. The molecule has 0 aliphatic rings. The Morgan fingerprint density at radius 2 is 1.95 bits per heavy atom. The number of hydrogen-bond donors (Lipinski definition) is 2. The number of anilines is 2. The fourth-order valence-electron chi connectivity index (χ4n) is 1.66. The summed E-state index contributed by atoms with van der Waals surface area (Å²) in [4.78, 5) is 12.2. The number of amides is 1. The smallest absolute Gasteiger partial charge is 0.257 e. The molecular weight excluding hydrogens is 372 g/mol. The van der Waals surface area contributed by atoms with Crippen LogP contribution in [-0.4, -0.2) is 5.91 Å². The SMILES string of the molecule is Cc1c(Br)cccc1NC(=O)c1cc(Br)ccc1N. The first kappa shape index (κ1) is 14.1. The molecule has 2 aromatic carbocycles. The van der Waals surface area contributed by atoms with E-state index in [2.05, 4.69) is 37.2 Å². The Morgan fingerprint density at radius 3 is 2.68 bits per heavy atom. The van der Waals surface area contributed by atoms with Crippen LogP contribution in [0.4, 0.5) is 11.4 Å². The van der Waals surface area contributed by atoms with Crippen molar-refractivity contribution in [2.24, 2.45) is 0 Å². The van der Waals surface area contributed by atoms with E-state index in [1.807, 2.05) is 25.1 Å². The number of nitrogens with one attached hydrogen (secondary N) is 1. The molecule has 1 amide bonds. The number of benzene rings is 2. The first-order chi connectivity index (χ1) is 8.99. The van der Waals surface area contributed by atoms with Crippen LogP contribution < -0.4 is 11.1 Å². The minimum Gasteiger partial charge on any atom is -0.398 e. The van der Waals surface area contributed by atoms with Gasteiger partial charge in [0.2, 0.25) is 0 Å². The van der Waals surface area contributed by atoms with E-state index in [4.69, 9.17) is 5.73 Å². The van der Waals surface area contributed by atoms with Crippen molar-refractivity contribution in [2.75, 3.05) is 11.1 Å². The predicted molar refractivity (Wildman–Crippen MR) is 85.4 cm³/mol. The summed E-state index contributed by atoms with van der Waals surface area (Å²) in [6, 6.07) is 10.9. The summed E-state index contributed by atoms with van der Waals surface area (Å²) in [5.41, 5.74) is 8.46. The second kappa shape index (κ2) is 5.75. The van der Waals surface area contributed by atoms with E-state index in [0.29, 0.717) is 11.3 Å². The highest BCUT2D eigenvalue weighted by Gasteiger charge is 2.12. The monoisotopic (exact) mass is 382 g/mol. The molecule has 3 nitrogen and oxygen atoms in total. The zero-order valence-electron chi connectivity index (χ0n) is 10.2. The van der Waals surface area contributed by atoms with Crippen molar-refractivity contribution < 1.29 is 4.79 Å². The Balaban J connectivity index is 2.31. The molecule has 0 saturated carbocycles. The summed E-state index contributed by atoms with van der Waals surface area (Å²) in [5, 5.41) is 2.87. The van der Waals surface area contributed by atoms with E-state index in [0.717, 1.165) is 20.2 Å². The van der Waals surface area contributed by atoms with Gasteiger partial charge in [-0.3, -0.25) is 4.79 Å². The Hall–Kier alpha value is -1.33. The van der Waals surface area contributed by atoms with E-state index in [1.54, 1.807) is 18.2 Å². The van der Waals surface area contributed by atoms with Gasteiger partial charge in [-0.1, -0.05) is 37.9 Å². The summed E-state index contributed by atoms with van der Waals surface area (Å²) >= 11 is 6.77. The third-order valence-electron chi connectivity index (χ3n) is 2.78. The van der Waals surface area contributed by atoms with E-state index in [-0.39, 0.29) is 5.91 Å². The maximum Gasteiger partial charge on any atom is 0.257 e. The normalized spacial score (nSPS) is 10.3. The van der Waals surface area contributed by atoms with Crippen LogP contribution in [-0.2, 0) is 0 Å². The fraction of sp³-hybridized carbons (Fsp3) is 0.0714. The number of hydrogen-bond acceptors (Lipinski definition) is 2. The second-order valence-corrected chi connectivity index (χ2v) is 5.87. The van der Waals surface area contributed by atoms with Crippen molar-refractivity contribution in [3.8, 4) is 0 Å². The second-order valence-electron chi connectivity index (χ2n) is 4.10. The molecule has 0 unspecified atom stereocenters. The molecule has 0 aliphatic heterocycles. The molecule has 2 aromatic rings. The molecule has 0 saturated heterocycles. The first-order valence-electron chi connectivity index (χ1n) is 5.60. The minimum atomic E-state index is -0.222. The molecule has 2 rings (SSSR count). The molecule has 0 fully saturated rings. The highest BCUT2D eigenvalue weighted by atomic mass is 79.9. The van der Waals surface area contributed by atoms with Crippen molar-refractivity contribution in [3.05, 3.63) is 56.5 Å². The van der Waals surface area contributed by atoms with Gasteiger partial charge in [-0.05, 0) is 42.8 Å². The van der Waals surface area contributed by atoms with Gasteiger partial charge >= 0.3 is 0 Å². The average molecular weight is 384 g/mol. The summed E-state index contributed by atoms with van der Waals surface area (Å²) < 4.78 is 1.77. The van der Waals surface area contributed by atoms with Crippen LogP contribution in [0.15, 0.2) is 45.3 Å². The molecule has 0 radical (unpaired) electrons. The van der Waals surface area contributed by atoms with Crippen LogP contribution in [0.1, 0.15) is 15.9 Å². The van der Waals surface area contributed by atoms with Gasteiger partial charge in [0.05, 0.1) is 5.56 Å². The highest BCUT2D eigenvalue weighted by Crippen LogP contribution is 2.25. The Kier molecular flexibility index (Phi) is 4.27. The predicted octanol–water partition coefficient (Wildman–Crippen LogP) is 4.35. The quantitative estimate of drug-likeness (QED) is 0.757. The van der Waals surface area contributed by atoms with Crippen LogP contribution >= 0.6 is 31.9 Å². The third kappa shape index (κ3) is 3.16. The van der Waals surface area contributed by atoms with Crippen molar-refractivity contribution in [2.45, 2.75) is 6.92 Å². The van der Waals surface area contributed by atoms with Gasteiger partial charge in [-0.2, -0.15) is 0 Å². The van der Waals surface area contributed by atoms with E-state index >= 15 is 0 Å². The molecule has 0 spiro atoms. The number of nitrogen functional groups attached to an aromatic ring is 1. The molecule has 3 N–H and O–H groups in total. The van der Waals surface area contributed by atoms with Gasteiger partial charge in [0.25, 0.3) is 5.91 Å².